The Morgan fingerprint density at radius 2 is 1.90 bits per heavy atom. The van der Waals surface area contributed by atoms with Crippen LogP contribution in [-0.4, -0.2) is 78.6 Å². The number of fused-ring (bicyclic) bond motifs is 2. The topological polar surface area (TPSA) is 160 Å². The lowest BCUT2D eigenvalue weighted by Gasteiger charge is -2.39. The maximum atomic E-state index is 16.2. The third-order valence-electron chi connectivity index (χ3n) is 10.2. The van der Waals surface area contributed by atoms with Gasteiger partial charge in [0.2, 0.25) is 20.2 Å². The zero-order valence-corrected chi connectivity index (χ0v) is 28.3. The number of non-ortho nitro benzene ring substituents is 1. The largest absolute Gasteiger partial charge is 0.441 e. The van der Waals surface area contributed by atoms with Gasteiger partial charge in [-0.05, 0) is 49.7 Å². The van der Waals surface area contributed by atoms with Crippen molar-refractivity contribution < 1.29 is 42.8 Å². The van der Waals surface area contributed by atoms with Gasteiger partial charge in [0.05, 0.1) is 48.7 Å². The first-order valence-electron chi connectivity index (χ1n) is 16.1. The minimum atomic E-state index is -3.61. The van der Waals surface area contributed by atoms with E-state index in [1.807, 2.05) is 0 Å². The summed E-state index contributed by atoms with van der Waals surface area (Å²) in [6.45, 7) is 6.35. The monoisotopic (exact) mass is 682 g/mol. The van der Waals surface area contributed by atoms with Gasteiger partial charge in [0.1, 0.15) is 0 Å². The molecular formula is C33H39FN4O9Si. The van der Waals surface area contributed by atoms with Gasteiger partial charge in [-0.15, -0.1) is 0 Å². The summed E-state index contributed by atoms with van der Waals surface area (Å²) in [5, 5.41) is 21.7. The second kappa shape index (κ2) is 12.3. The molecule has 0 bridgehead atoms. The van der Waals surface area contributed by atoms with Crippen molar-refractivity contribution >= 4 is 49.2 Å². The molecule has 3 amide bonds. The summed E-state index contributed by atoms with van der Waals surface area (Å²) < 4.78 is 28.0. The Hall–Kier alpha value is -4.21. The molecule has 48 heavy (non-hydrogen) atoms. The molecule has 2 aromatic carbocycles. The summed E-state index contributed by atoms with van der Waals surface area (Å²) in [7, 11) is -3.61. The summed E-state index contributed by atoms with van der Waals surface area (Å²) in [5.41, 5.74) is -0.973. The molecule has 1 unspecified atom stereocenters. The lowest BCUT2D eigenvalue weighted by molar-refractivity contribution is -0.385. The molecule has 13 nitrogen and oxygen atoms in total. The number of carbonyl (C=O) groups is 4. The summed E-state index contributed by atoms with van der Waals surface area (Å²) >= 11 is 0. The quantitative estimate of drug-likeness (QED) is 0.103. The van der Waals surface area contributed by atoms with E-state index in [4.69, 9.17) is 9.47 Å². The molecule has 0 aliphatic carbocycles. The number of halogens is 1. The summed E-state index contributed by atoms with van der Waals surface area (Å²) in [4.78, 5) is 67.6. The van der Waals surface area contributed by atoms with Crippen molar-refractivity contribution in [1.82, 2.24) is 4.90 Å². The summed E-state index contributed by atoms with van der Waals surface area (Å²) in [5.74, 6) is -2.26. The Morgan fingerprint density at radius 1 is 1.19 bits per heavy atom. The molecule has 15 heteroatoms. The molecule has 0 saturated carbocycles. The van der Waals surface area contributed by atoms with Crippen molar-refractivity contribution in [2.75, 3.05) is 23.0 Å². The zero-order chi connectivity index (χ0) is 34.7. The van der Waals surface area contributed by atoms with Crippen molar-refractivity contribution in [2.24, 2.45) is 5.92 Å². The Bertz CT molecular complexity index is 1670. The van der Waals surface area contributed by atoms with Crippen LogP contribution in [0.25, 0.3) is 0 Å². The number of nitro benzene ring substituents is 1. The third kappa shape index (κ3) is 5.56. The molecule has 6 atom stereocenters. The predicted octanol–water partition coefficient (Wildman–Crippen LogP) is 3.92. The van der Waals surface area contributed by atoms with Crippen molar-refractivity contribution in [2.45, 2.75) is 88.7 Å². The number of ether oxygens (including phenoxy) is 2. The van der Waals surface area contributed by atoms with Gasteiger partial charge >= 0.3 is 5.97 Å². The number of nitrogens with zero attached hydrogens (tertiary/aromatic N) is 4. The molecule has 0 aromatic heterocycles. The number of rotatable bonds is 9. The molecular weight excluding hydrogens is 643 g/mol. The van der Waals surface area contributed by atoms with E-state index in [2.05, 4.69) is 0 Å². The van der Waals surface area contributed by atoms with E-state index >= 15 is 4.11 Å². The fourth-order valence-electron chi connectivity index (χ4n) is 8.08. The molecule has 6 rings (SSSR count). The van der Waals surface area contributed by atoms with Crippen LogP contribution in [0.2, 0.25) is 18.6 Å². The molecule has 4 aliphatic rings. The number of nitro groups is 1. The van der Waals surface area contributed by atoms with E-state index in [9.17, 15) is 34.4 Å². The average Bonchev–Trinajstić information content (AvgIpc) is 3.67. The first kappa shape index (κ1) is 33.7. The number of amides is 3. The lowest BCUT2D eigenvalue weighted by Crippen LogP contribution is -2.54. The molecule has 1 spiro atoms. The van der Waals surface area contributed by atoms with Gasteiger partial charge in [-0.25, -0.2) is 0 Å². The number of aliphatic hydroxyl groups is 1. The Labute approximate surface area is 277 Å². The molecule has 3 fully saturated rings. The zero-order valence-electron chi connectivity index (χ0n) is 27.3. The highest BCUT2D eigenvalue weighted by Gasteiger charge is 2.67. The number of anilines is 2. The fraction of sp³-hybridized carbons (Fsp3) is 0.515. The third-order valence-corrected chi connectivity index (χ3v) is 12.7. The molecule has 0 radical (unpaired) electrons. The Morgan fingerprint density at radius 3 is 2.50 bits per heavy atom. The predicted molar refractivity (Wildman–Crippen MR) is 173 cm³/mol. The second-order valence-corrected chi connectivity index (χ2v) is 17.4. The SMILES string of the molecule is CC(=O)OC1CC(=O)N1c1ccc(CN2C(=O)[C@]3(O[C@H](CC(=O)N4CCC[C@H]4CO)[C@@H]([Si](C)(C)F)[C@@H]3C)c3cc([N+](=O)[O-])ccc32)cc1. The van der Waals surface area contributed by atoms with Crippen LogP contribution in [0.15, 0.2) is 42.5 Å². The van der Waals surface area contributed by atoms with Gasteiger partial charge < -0.3 is 28.5 Å². The van der Waals surface area contributed by atoms with Crippen LogP contribution >= 0.6 is 0 Å². The van der Waals surface area contributed by atoms with Gasteiger partial charge in [-0.1, -0.05) is 19.1 Å². The molecule has 1 N–H and O–H groups in total. The van der Waals surface area contributed by atoms with E-state index in [0.717, 1.165) is 6.42 Å². The van der Waals surface area contributed by atoms with Crippen LogP contribution in [0.3, 0.4) is 0 Å². The fourth-order valence-corrected chi connectivity index (χ4v) is 10.6. The van der Waals surface area contributed by atoms with Gasteiger partial charge in [-0.2, -0.15) is 0 Å². The minimum absolute atomic E-state index is 0.0414. The van der Waals surface area contributed by atoms with Crippen molar-refractivity contribution in [1.29, 1.82) is 0 Å². The summed E-state index contributed by atoms with van der Waals surface area (Å²) in [6, 6.07) is 10.6. The van der Waals surface area contributed by atoms with Crippen LogP contribution in [0, 0.1) is 16.0 Å². The van der Waals surface area contributed by atoms with E-state index in [1.165, 1.54) is 48.0 Å². The van der Waals surface area contributed by atoms with Gasteiger partial charge in [-0.3, -0.25) is 34.2 Å². The van der Waals surface area contributed by atoms with Crippen LogP contribution < -0.4 is 9.80 Å². The number of hydrogen-bond acceptors (Lipinski definition) is 9. The minimum Gasteiger partial charge on any atom is -0.441 e. The van der Waals surface area contributed by atoms with E-state index in [-0.39, 0.29) is 55.1 Å². The van der Waals surface area contributed by atoms with E-state index in [0.29, 0.717) is 29.9 Å². The number of esters is 1. The molecule has 256 valence electrons. The molecule has 4 aliphatic heterocycles. The maximum Gasteiger partial charge on any atom is 0.304 e. The Kier molecular flexibility index (Phi) is 8.66. The normalized spacial score (nSPS) is 28.2. The van der Waals surface area contributed by atoms with E-state index < -0.39 is 54.6 Å². The molecule has 4 heterocycles. The van der Waals surface area contributed by atoms with E-state index in [1.54, 1.807) is 36.1 Å². The van der Waals surface area contributed by atoms with Gasteiger partial charge in [0.25, 0.3) is 11.6 Å². The molecule has 2 aromatic rings. The van der Waals surface area contributed by atoms with Crippen molar-refractivity contribution in [3.05, 3.63) is 63.7 Å². The number of benzene rings is 2. The highest BCUT2D eigenvalue weighted by atomic mass is 28.4. The number of likely N-dealkylation sites (tertiary alicyclic amines) is 1. The standard InChI is InChI=1S/C33H39FN4O9Si/c1-19-31(48(3,4)34)27(15-28(41)35-13-5-6-24(35)18-39)47-33(19)25-14-23(38(44)45)11-12-26(25)36(32(33)43)17-21-7-9-22(10-8-21)37-29(42)16-30(37)46-20(2)40/h7-12,14,19,24,27,30-31,39H,5-6,13,15-18H2,1-4H3/t19-,24-,27+,30?,31-,33+/m0/s1. The summed E-state index contributed by atoms with van der Waals surface area (Å²) in [6.07, 6.45) is -0.362. The van der Waals surface area contributed by atoms with Crippen molar-refractivity contribution in [3.8, 4) is 0 Å². The van der Waals surface area contributed by atoms with Crippen LogP contribution in [0.1, 0.15) is 50.7 Å². The number of carbonyl (C=O) groups excluding carboxylic acids is 4. The van der Waals surface area contributed by atoms with Crippen LogP contribution in [-0.2, 0) is 40.8 Å². The average molecular weight is 683 g/mol. The number of aliphatic hydroxyl groups excluding tert-OH is 1. The first-order chi connectivity index (χ1) is 22.7. The highest BCUT2D eigenvalue weighted by Crippen LogP contribution is 2.60. The van der Waals surface area contributed by atoms with Gasteiger partial charge in [0.15, 0.2) is 11.8 Å². The maximum absolute atomic E-state index is 16.2. The smallest absolute Gasteiger partial charge is 0.304 e. The van der Waals surface area contributed by atoms with Gasteiger partial charge in [0, 0.05) is 48.3 Å². The first-order valence-corrected chi connectivity index (χ1v) is 19.1. The van der Waals surface area contributed by atoms with Crippen molar-refractivity contribution in [3.63, 3.8) is 0 Å². The number of β-lactam (4-membered cyclic amide) rings is 1. The molecule has 3 saturated heterocycles. The highest BCUT2D eigenvalue weighted by molar-refractivity contribution is 6.72. The number of hydrogen-bond donors (Lipinski definition) is 1. The van der Waals surface area contributed by atoms with Crippen LogP contribution in [0.5, 0.6) is 0 Å². The lowest BCUT2D eigenvalue weighted by atomic mass is 9.82. The Balaban J connectivity index is 1.33. The second-order valence-electron chi connectivity index (χ2n) is 13.6. The van der Waals surface area contributed by atoms with Crippen LogP contribution in [0.4, 0.5) is 21.2 Å².